The molecule has 6 rings (SSSR count). The molecular weight excluding hydrogens is 492 g/mol. The van der Waals surface area contributed by atoms with Crippen LogP contribution >= 0.6 is 11.6 Å². The summed E-state index contributed by atoms with van der Waals surface area (Å²) in [6.45, 7) is -0.623. The Morgan fingerprint density at radius 3 is 2.34 bits per heavy atom. The van der Waals surface area contributed by atoms with Crippen molar-refractivity contribution in [1.29, 1.82) is 0 Å². The van der Waals surface area contributed by atoms with Crippen LogP contribution in [-0.4, -0.2) is 40.2 Å². The van der Waals surface area contributed by atoms with Gasteiger partial charge in [0.2, 0.25) is 11.8 Å². The number of nitrogens with zero attached hydrogens (tertiary/aromatic N) is 3. The zero-order valence-electron chi connectivity index (χ0n) is 18.1. The molecule has 1 aromatic heterocycles. The fourth-order valence-electron chi connectivity index (χ4n) is 5.70. The maximum Gasteiger partial charge on any atom is 0.416 e. The molecule has 2 bridgehead atoms. The van der Waals surface area contributed by atoms with Crippen molar-refractivity contribution in [3.63, 3.8) is 0 Å². The van der Waals surface area contributed by atoms with Gasteiger partial charge in [0.05, 0.1) is 16.0 Å². The second-order valence-electron chi connectivity index (χ2n) is 9.54. The van der Waals surface area contributed by atoms with E-state index in [1.54, 1.807) is 0 Å². The number of aromatic nitrogens is 1. The topological polar surface area (TPSA) is 96.6 Å². The van der Waals surface area contributed by atoms with Gasteiger partial charge in [-0.1, -0.05) is 23.7 Å². The average molecular weight is 511 g/mol. The van der Waals surface area contributed by atoms with Crippen LogP contribution in [-0.2, 0) is 27.1 Å². The van der Waals surface area contributed by atoms with E-state index in [2.05, 4.69) is 4.98 Å². The Bertz CT molecular complexity index is 1230. The number of hydrogen-bond acceptors (Lipinski definition) is 4. The second-order valence-corrected chi connectivity index (χ2v) is 9.98. The van der Waals surface area contributed by atoms with Gasteiger partial charge in [0.15, 0.2) is 11.6 Å². The Balaban J connectivity index is 1.47. The molecular formula is C23H19ClF4N4O3. The summed E-state index contributed by atoms with van der Waals surface area (Å²) < 4.78 is 53.4. The number of amides is 3. The summed E-state index contributed by atoms with van der Waals surface area (Å²) in [4.78, 5) is 44.9. The lowest BCUT2D eigenvalue weighted by atomic mass is 9.32. The number of rotatable bonds is 5. The highest BCUT2D eigenvalue weighted by atomic mass is 35.5. The first-order chi connectivity index (χ1) is 16.4. The fraction of sp³-hybridized carbons (Fsp3) is 0.391. The van der Waals surface area contributed by atoms with E-state index in [0.29, 0.717) is 24.8 Å². The minimum atomic E-state index is -4.51. The Labute approximate surface area is 201 Å². The van der Waals surface area contributed by atoms with E-state index in [1.165, 1.54) is 17.0 Å². The maximum atomic E-state index is 14.6. The number of primary amides is 1. The SMILES string of the molecule is NC(=O)C12CC(C3C(=O)N(c4ncc(Cl)cc4F)CC(=O)N3Cc3ccc(C(F)(F)F)cc3)(C1)C2. The lowest BCUT2D eigenvalue weighted by Gasteiger charge is -2.72. The smallest absolute Gasteiger partial charge is 0.369 e. The van der Waals surface area contributed by atoms with E-state index in [1.807, 2.05) is 0 Å². The van der Waals surface area contributed by atoms with E-state index in [0.717, 1.165) is 29.3 Å². The van der Waals surface area contributed by atoms with Gasteiger partial charge in [-0.3, -0.25) is 19.3 Å². The molecule has 3 saturated carbocycles. The van der Waals surface area contributed by atoms with Crippen LogP contribution < -0.4 is 10.6 Å². The van der Waals surface area contributed by atoms with Crippen molar-refractivity contribution < 1.29 is 31.9 Å². The first kappa shape index (κ1) is 23.5. The zero-order chi connectivity index (χ0) is 25.3. The number of hydrogen-bond donors (Lipinski definition) is 1. The molecule has 12 heteroatoms. The van der Waals surface area contributed by atoms with E-state index in [4.69, 9.17) is 17.3 Å². The molecule has 1 aromatic carbocycles. The molecule has 3 amide bonds. The predicted molar refractivity (Wildman–Crippen MR) is 115 cm³/mol. The second kappa shape index (κ2) is 7.64. The van der Waals surface area contributed by atoms with Crippen LogP contribution in [0.25, 0.3) is 0 Å². The zero-order valence-corrected chi connectivity index (χ0v) is 18.9. The van der Waals surface area contributed by atoms with Gasteiger partial charge in [-0.25, -0.2) is 9.37 Å². The molecule has 1 saturated heterocycles. The number of pyridine rings is 1. The van der Waals surface area contributed by atoms with Crippen LogP contribution in [0.2, 0.25) is 5.02 Å². The molecule has 3 aliphatic carbocycles. The molecule has 0 spiro atoms. The van der Waals surface area contributed by atoms with Crippen LogP contribution in [0, 0.1) is 16.6 Å². The van der Waals surface area contributed by atoms with Crippen molar-refractivity contribution in [2.45, 2.75) is 38.0 Å². The highest BCUT2D eigenvalue weighted by Gasteiger charge is 2.76. The van der Waals surface area contributed by atoms with Crippen LogP contribution in [0.5, 0.6) is 0 Å². The summed E-state index contributed by atoms with van der Waals surface area (Å²) in [6.07, 6.45) is -2.46. The van der Waals surface area contributed by atoms with E-state index >= 15 is 0 Å². The van der Waals surface area contributed by atoms with Crippen molar-refractivity contribution >= 4 is 35.1 Å². The number of benzene rings is 1. The van der Waals surface area contributed by atoms with Crippen molar-refractivity contribution in [2.75, 3.05) is 11.4 Å². The van der Waals surface area contributed by atoms with Gasteiger partial charge < -0.3 is 10.6 Å². The third-order valence-corrected chi connectivity index (χ3v) is 7.48. The quantitative estimate of drug-likeness (QED) is 0.624. The Morgan fingerprint density at radius 2 is 1.80 bits per heavy atom. The van der Waals surface area contributed by atoms with Gasteiger partial charge in [-0.15, -0.1) is 0 Å². The lowest BCUT2D eigenvalue weighted by Crippen LogP contribution is -2.78. The van der Waals surface area contributed by atoms with Gasteiger partial charge in [0, 0.05) is 18.2 Å². The molecule has 0 radical (unpaired) electrons. The molecule has 2 aromatic rings. The van der Waals surface area contributed by atoms with Gasteiger partial charge >= 0.3 is 6.18 Å². The van der Waals surface area contributed by atoms with Gasteiger partial charge in [-0.05, 0) is 43.0 Å². The van der Waals surface area contributed by atoms with Crippen LogP contribution in [0.1, 0.15) is 30.4 Å². The molecule has 1 aliphatic heterocycles. The highest BCUT2D eigenvalue weighted by Crippen LogP contribution is 2.75. The van der Waals surface area contributed by atoms with Crippen LogP contribution in [0.15, 0.2) is 36.5 Å². The Hall–Kier alpha value is -3.21. The number of alkyl halides is 3. The number of piperazine rings is 1. The minimum Gasteiger partial charge on any atom is -0.369 e. The van der Waals surface area contributed by atoms with Crippen molar-refractivity contribution in [3.8, 4) is 0 Å². The molecule has 35 heavy (non-hydrogen) atoms. The molecule has 4 fully saturated rings. The average Bonchev–Trinajstić information content (AvgIpc) is 2.70. The highest BCUT2D eigenvalue weighted by molar-refractivity contribution is 6.30. The third kappa shape index (κ3) is 3.64. The molecule has 184 valence electrons. The van der Waals surface area contributed by atoms with E-state index < -0.39 is 58.7 Å². The summed E-state index contributed by atoms with van der Waals surface area (Å²) >= 11 is 5.76. The maximum absolute atomic E-state index is 14.6. The largest absolute Gasteiger partial charge is 0.416 e. The Kier molecular flexibility index (Phi) is 5.14. The minimum absolute atomic E-state index is 0.0188. The number of nitrogens with two attached hydrogens (primary N) is 1. The van der Waals surface area contributed by atoms with Crippen molar-refractivity contribution in [2.24, 2.45) is 16.6 Å². The first-order valence-electron chi connectivity index (χ1n) is 10.7. The fourth-order valence-corrected chi connectivity index (χ4v) is 5.84. The summed E-state index contributed by atoms with van der Waals surface area (Å²) in [7, 11) is 0. The number of halogens is 5. The molecule has 1 atom stereocenters. The van der Waals surface area contributed by atoms with Crippen LogP contribution in [0.4, 0.5) is 23.4 Å². The lowest BCUT2D eigenvalue weighted by molar-refractivity contribution is -0.231. The summed E-state index contributed by atoms with van der Waals surface area (Å²) in [5.74, 6) is -2.81. The summed E-state index contributed by atoms with van der Waals surface area (Å²) in [5, 5.41) is 0.0188. The third-order valence-electron chi connectivity index (χ3n) is 7.28. The molecule has 2 N–H and O–H groups in total. The van der Waals surface area contributed by atoms with Crippen LogP contribution in [0.3, 0.4) is 0 Å². The standard InChI is InChI=1S/C23H19ClF4N4O3/c24-14-5-15(25)18(30-6-14)32-8-16(33)31(7-12-1-3-13(4-2-12)23(26,27)28)17(19(32)34)21-9-22(10-21,11-21)20(29)35/h1-6,17H,7-11H2,(H2,29,35). The Morgan fingerprint density at radius 1 is 1.17 bits per heavy atom. The number of anilines is 1. The predicted octanol–water partition coefficient (Wildman–Crippen LogP) is 3.29. The van der Waals surface area contributed by atoms with E-state index in [-0.39, 0.29) is 17.4 Å². The van der Waals surface area contributed by atoms with Crippen molar-refractivity contribution in [1.82, 2.24) is 9.88 Å². The first-order valence-corrected chi connectivity index (χ1v) is 11.1. The summed E-state index contributed by atoms with van der Waals surface area (Å²) in [6, 6.07) is 4.23. The van der Waals surface area contributed by atoms with Gasteiger partial charge in [0.1, 0.15) is 12.6 Å². The molecule has 7 nitrogen and oxygen atoms in total. The normalized spacial score (nSPS) is 28.0. The summed E-state index contributed by atoms with van der Waals surface area (Å²) in [5.41, 5.74) is 3.60. The number of carbonyl (C=O) groups is 3. The molecule has 4 aliphatic rings. The van der Waals surface area contributed by atoms with E-state index in [9.17, 15) is 31.9 Å². The molecule has 2 heterocycles. The van der Waals surface area contributed by atoms with Gasteiger partial charge in [-0.2, -0.15) is 13.2 Å². The van der Waals surface area contributed by atoms with Crippen molar-refractivity contribution in [3.05, 3.63) is 58.5 Å². The molecule has 1 unspecified atom stereocenters. The van der Waals surface area contributed by atoms with Gasteiger partial charge in [0.25, 0.3) is 5.91 Å². The monoisotopic (exact) mass is 510 g/mol. The number of carbonyl (C=O) groups excluding carboxylic acids is 3.